The Balaban J connectivity index is 2.00. The zero-order chi connectivity index (χ0) is 26.9. The van der Waals surface area contributed by atoms with Gasteiger partial charge in [-0.2, -0.15) is 13.2 Å². The molecule has 0 spiro atoms. The normalized spacial score (nSPS) is 13.1. The number of methoxy groups -OCH3 is 1. The molecule has 0 aliphatic carbocycles. The number of rotatable bonds is 12. The Morgan fingerprint density at radius 3 is 2.42 bits per heavy atom. The largest absolute Gasteiger partial charge is 0.495 e. The number of carbonyl (C=O) groups excluding carboxylic acids is 2. The summed E-state index contributed by atoms with van der Waals surface area (Å²) < 4.78 is 44.1. The van der Waals surface area contributed by atoms with Crippen LogP contribution in [0.3, 0.4) is 0 Å². The van der Waals surface area contributed by atoms with Gasteiger partial charge in [-0.15, -0.1) is 0 Å². The Labute approximate surface area is 209 Å². The molecule has 198 valence electrons. The second-order valence-electron chi connectivity index (χ2n) is 8.73. The first kappa shape index (κ1) is 29.1. The molecule has 0 saturated heterocycles. The van der Waals surface area contributed by atoms with Gasteiger partial charge in [-0.25, -0.2) is 0 Å². The Morgan fingerprint density at radius 2 is 1.81 bits per heavy atom. The molecule has 0 saturated carbocycles. The van der Waals surface area contributed by atoms with Crippen molar-refractivity contribution in [3.8, 4) is 5.75 Å². The summed E-state index contributed by atoms with van der Waals surface area (Å²) in [6, 6.07) is 8.12. The number of aliphatic hydroxyl groups excluding tert-OH is 1. The number of amides is 2. The van der Waals surface area contributed by atoms with Crippen molar-refractivity contribution in [2.24, 2.45) is 0 Å². The van der Waals surface area contributed by atoms with Gasteiger partial charge in [-0.1, -0.05) is 37.1 Å². The van der Waals surface area contributed by atoms with Crippen LogP contribution >= 0.6 is 0 Å². The Hall–Kier alpha value is -3.11. The second kappa shape index (κ2) is 13.3. The quantitative estimate of drug-likeness (QED) is 0.323. The number of nitrogens with one attached hydrogen (secondary N) is 3. The fourth-order valence-electron chi connectivity index (χ4n) is 3.77. The third-order valence-corrected chi connectivity index (χ3v) is 5.70. The van der Waals surface area contributed by atoms with Crippen molar-refractivity contribution in [3.63, 3.8) is 0 Å². The average Bonchev–Trinajstić information content (AvgIpc) is 2.79. The molecule has 2 amide bonds. The predicted octanol–water partition coefficient (Wildman–Crippen LogP) is 4.10. The lowest BCUT2D eigenvalue weighted by Gasteiger charge is -2.24. The minimum Gasteiger partial charge on any atom is -0.495 e. The van der Waals surface area contributed by atoms with E-state index in [1.54, 1.807) is 0 Å². The Morgan fingerprint density at radius 1 is 1.08 bits per heavy atom. The SMILES string of the molecule is CCC[C@H](O)[C@H](CNCc1ccc(C)cc1C)NC(=O)CC(=O)Nc1cc(C(F)(F)F)ccc1OC. The van der Waals surface area contributed by atoms with E-state index in [9.17, 15) is 27.9 Å². The van der Waals surface area contributed by atoms with E-state index >= 15 is 0 Å². The van der Waals surface area contributed by atoms with Crippen LogP contribution < -0.4 is 20.7 Å². The summed E-state index contributed by atoms with van der Waals surface area (Å²) in [4.78, 5) is 25.0. The number of halogens is 3. The van der Waals surface area contributed by atoms with Gasteiger partial charge < -0.3 is 25.8 Å². The van der Waals surface area contributed by atoms with Gasteiger partial charge in [0.15, 0.2) is 0 Å². The number of aliphatic hydroxyl groups is 1. The van der Waals surface area contributed by atoms with E-state index in [2.05, 4.69) is 22.0 Å². The first-order valence-corrected chi connectivity index (χ1v) is 11.7. The van der Waals surface area contributed by atoms with Gasteiger partial charge in [0.25, 0.3) is 0 Å². The van der Waals surface area contributed by atoms with E-state index in [1.165, 1.54) is 7.11 Å². The van der Waals surface area contributed by atoms with Gasteiger partial charge in [-0.05, 0) is 49.6 Å². The number of alkyl halides is 3. The molecular weight excluding hydrogens is 475 g/mol. The first-order valence-electron chi connectivity index (χ1n) is 11.7. The molecule has 0 aliphatic rings. The summed E-state index contributed by atoms with van der Waals surface area (Å²) in [6.07, 6.45) is -4.93. The highest BCUT2D eigenvalue weighted by molar-refractivity contribution is 6.04. The molecular formula is C26H34F3N3O4. The molecule has 2 atom stereocenters. The molecule has 4 N–H and O–H groups in total. The van der Waals surface area contributed by atoms with E-state index in [-0.39, 0.29) is 18.0 Å². The summed E-state index contributed by atoms with van der Waals surface area (Å²) in [5, 5.41) is 18.7. The number of ether oxygens (including phenoxy) is 1. The highest BCUT2D eigenvalue weighted by atomic mass is 19.4. The lowest BCUT2D eigenvalue weighted by Crippen LogP contribution is -2.49. The van der Waals surface area contributed by atoms with Crippen LogP contribution in [0.25, 0.3) is 0 Å². The summed E-state index contributed by atoms with van der Waals surface area (Å²) >= 11 is 0. The van der Waals surface area contributed by atoms with Crippen molar-refractivity contribution >= 4 is 17.5 Å². The van der Waals surface area contributed by atoms with Crippen molar-refractivity contribution in [3.05, 3.63) is 58.7 Å². The molecule has 7 nitrogen and oxygen atoms in total. The summed E-state index contributed by atoms with van der Waals surface area (Å²) in [7, 11) is 1.26. The lowest BCUT2D eigenvalue weighted by atomic mass is 10.0. The number of hydrogen-bond donors (Lipinski definition) is 4. The zero-order valence-electron chi connectivity index (χ0n) is 21.0. The van der Waals surface area contributed by atoms with Gasteiger partial charge in [0, 0.05) is 13.1 Å². The van der Waals surface area contributed by atoms with Crippen molar-refractivity contribution in [1.29, 1.82) is 0 Å². The zero-order valence-corrected chi connectivity index (χ0v) is 21.0. The van der Waals surface area contributed by atoms with E-state index in [1.807, 2.05) is 32.9 Å². The molecule has 10 heteroatoms. The van der Waals surface area contributed by atoms with Crippen molar-refractivity contribution < 1.29 is 32.6 Å². The lowest BCUT2D eigenvalue weighted by molar-refractivity contribution is -0.137. The first-order chi connectivity index (χ1) is 16.9. The number of carbonyl (C=O) groups is 2. The Bertz CT molecular complexity index is 1040. The van der Waals surface area contributed by atoms with E-state index in [0.717, 1.165) is 34.9 Å². The molecule has 36 heavy (non-hydrogen) atoms. The van der Waals surface area contributed by atoms with Crippen LogP contribution in [0.4, 0.5) is 18.9 Å². The molecule has 0 radical (unpaired) electrons. The average molecular weight is 510 g/mol. The highest BCUT2D eigenvalue weighted by Gasteiger charge is 2.31. The summed E-state index contributed by atoms with van der Waals surface area (Å²) in [5.74, 6) is -1.44. The second-order valence-corrected chi connectivity index (χ2v) is 8.73. The topological polar surface area (TPSA) is 99.7 Å². The van der Waals surface area contributed by atoms with Crippen LogP contribution in [-0.2, 0) is 22.3 Å². The highest BCUT2D eigenvalue weighted by Crippen LogP contribution is 2.35. The van der Waals surface area contributed by atoms with Gasteiger partial charge >= 0.3 is 6.18 Å². The smallest absolute Gasteiger partial charge is 0.416 e. The maximum atomic E-state index is 13.0. The van der Waals surface area contributed by atoms with Crippen LogP contribution in [0, 0.1) is 13.8 Å². The summed E-state index contributed by atoms with van der Waals surface area (Å²) in [5.41, 5.74) is 2.22. The maximum absolute atomic E-state index is 13.0. The molecule has 0 unspecified atom stereocenters. The van der Waals surface area contributed by atoms with Gasteiger partial charge in [-0.3, -0.25) is 9.59 Å². The molecule has 2 aromatic carbocycles. The van der Waals surface area contributed by atoms with Crippen molar-refractivity contribution in [2.75, 3.05) is 19.0 Å². The number of anilines is 1. The van der Waals surface area contributed by atoms with Crippen LogP contribution in [0.1, 0.15) is 48.4 Å². The molecule has 2 rings (SSSR count). The third-order valence-electron chi connectivity index (χ3n) is 5.70. The monoisotopic (exact) mass is 509 g/mol. The van der Waals surface area contributed by atoms with Crippen molar-refractivity contribution in [1.82, 2.24) is 10.6 Å². The maximum Gasteiger partial charge on any atom is 0.416 e. The minimum absolute atomic E-state index is 0.0311. The Kier molecular flexibility index (Phi) is 10.7. The molecule has 0 aliphatic heterocycles. The number of benzene rings is 2. The summed E-state index contributed by atoms with van der Waals surface area (Å²) in [6.45, 7) is 6.72. The molecule has 0 bridgehead atoms. The van der Waals surface area contributed by atoms with E-state index in [4.69, 9.17) is 4.74 Å². The molecule has 2 aromatic rings. The standard InChI is InChI=1S/C26H34F3N3O4/c1-5-6-22(33)21(15-30-14-18-8-7-16(2)11-17(18)3)32-25(35)13-24(34)31-20-12-19(26(27,28)29)9-10-23(20)36-4/h7-12,21-22,30,33H,5-6,13-15H2,1-4H3,(H,31,34)(H,32,35)/t21-,22-/m0/s1. The number of hydrogen-bond acceptors (Lipinski definition) is 5. The van der Waals surface area contributed by atoms with Crippen LogP contribution in [0.15, 0.2) is 36.4 Å². The molecule has 0 fully saturated rings. The number of aryl methyl sites for hydroxylation is 2. The fraction of sp³-hybridized carbons (Fsp3) is 0.462. The fourth-order valence-corrected chi connectivity index (χ4v) is 3.77. The van der Waals surface area contributed by atoms with Crippen LogP contribution in [0.5, 0.6) is 5.75 Å². The van der Waals surface area contributed by atoms with Gasteiger partial charge in [0.05, 0.1) is 30.5 Å². The minimum atomic E-state index is -4.60. The van der Waals surface area contributed by atoms with Crippen molar-refractivity contribution in [2.45, 2.75) is 64.9 Å². The third kappa shape index (κ3) is 8.83. The van der Waals surface area contributed by atoms with Crippen LogP contribution in [-0.4, -0.2) is 42.7 Å². The van der Waals surface area contributed by atoms with Crippen LogP contribution in [0.2, 0.25) is 0 Å². The molecule has 0 aromatic heterocycles. The van der Waals surface area contributed by atoms with Gasteiger partial charge in [0.1, 0.15) is 12.2 Å². The molecule has 0 heterocycles. The van der Waals surface area contributed by atoms with E-state index < -0.39 is 42.1 Å². The van der Waals surface area contributed by atoms with Gasteiger partial charge in [0.2, 0.25) is 11.8 Å². The predicted molar refractivity (Wildman–Crippen MR) is 132 cm³/mol. The van der Waals surface area contributed by atoms with E-state index in [0.29, 0.717) is 19.4 Å².